The second-order valence-electron chi connectivity index (χ2n) is 9.23. The molecular weight excluding hydrogens is 471 g/mol. The summed E-state index contributed by atoms with van der Waals surface area (Å²) in [6, 6.07) is 24.9. The van der Waals surface area contributed by atoms with Gasteiger partial charge < -0.3 is 15.0 Å². The number of methoxy groups -OCH3 is 1. The van der Waals surface area contributed by atoms with Crippen LogP contribution in [-0.4, -0.2) is 39.1 Å². The van der Waals surface area contributed by atoms with Gasteiger partial charge >= 0.3 is 0 Å². The first-order valence-corrected chi connectivity index (χ1v) is 12.0. The lowest BCUT2D eigenvalue weighted by molar-refractivity contribution is -0.133. The van der Waals surface area contributed by atoms with Crippen molar-refractivity contribution in [2.24, 2.45) is 0 Å². The Bertz CT molecular complexity index is 1440. The molecule has 0 spiro atoms. The maximum atomic E-state index is 14.6. The Balaban J connectivity index is 1.50. The molecule has 3 aromatic carbocycles. The van der Waals surface area contributed by atoms with Crippen molar-refractivity contribution in [2.45, 2.75) is 32.1 Å². The molecule has 1 atom stereocenters. The summed E-state index contributed by atoms with van der Waals surface area (Å²) in [6.07, 6.45) is 0. The lowest BCUT2D eigenvalue weighted by Crippen LogP contribution is -2.63. The molecule has 0 saturated heterocycles. The van der Waals surface area contributed by atoms with Crippen LogP contribution in [-0.2, 0) is 24.4 Å². The molecule has 0 aliphatic carbocycles. The molecule has 2 heterocycles. The monoisotopic (exact) mass is 498 g/mol. The van der Waals surface area contributed by atoms with Crippen LogP contribution in [0.3, 0.4) is 0 Å². The fourth-order valence-corrected chi connectivity index (χ4v) is 4.56. The highest BCUT2D eigenvalue weighted by Crippen LogP contribution is 2.32. The predicted octanol–water partition coefficient (Wildman–Crippen LogP) is 4.43. The van der Waals surface area contributed by atoms with Crippen molar-refractivity contribution in [3.8, 4) is 17.0 Å². The predicted molar refractivity (Wildman–Crippen MR) is 137 cm³/mol. The third-order valence-electron chi connectivity index (χ3n) is 6.75. The van der Waals surface area contributed by atoms with E-state index < -0.39 is 11.4 Å². The van der Waals surface area contributed by atoms with E-state index in [9.17, 15) is 14.0 Å². The van der Waals surface area contributed by atoms with E-state index in [-0.39, 0.29) is 24.9 Å². The van der Waals surface area contributed by atoms with Gasteiger partial charge in [0.15, 0.2) is 0 Å². The number of rotatable bonds is 7. The Labute approximate surface area is 214 Å². The summed E-state index contributed by atoms with van der Waals surface area (Å²) in [5.41, 5.74) is 1.72. The van der Waals surface area contributed by atoms with E-state index in [0.29, 0.717) is 29.2 Å². The van der Waals surface area contributed by atoms with E-state index in [1.165, 1.54) is 11.0 Å². The number of aromatic nitrogens is 2. The average molecular weight is 499 g/mol. The normalized spacial score (nSPS) is 16.8. The van der Waals surface area contributed by atoms with Crippen LogP contribution in [0, 0.1) is 5.82 Å². The Morgan fingerprint density at radius 2 is 1.76 bits per heavy atom. The first-order valence-electron chi connectivity index (χ1n) is 12.0. The van der Waals surface area contributed by atoms with Crippen LogP contribution in [0.25, 0.3) is 11.3 Å². The SMILES string of the molecule is COc1ccc(-c2cc3n(n2)CC(C)(C(=O)NCc2ccccc2)N(Cc2ccccc2F)C3=O)cc1. The summed E-state index contributed by atoms with van der Waals surface area (Å²) >= 11 is 0. The molecule has 0 bridgehead atoms. The fourth-order valence-electron chi connectivity index (χ4n) is 4.56. The number of ether oxygens (including phenoxy) is 1. The van der Waals surface area contributed by atoms with Gasteiger partial charge in [0.2, 0.25) is 5.91 Å². The second-order valence-corrected chi connectivity index (χ2v) is 9.23. The van der Waals surface area contributed by atoms with Crippen molar-refractivity contribution >= 4 is 11.8 Å². The number of halogens is 1. The van der Waals surface area contributed by atoms with Gasteiger partial charge in [0, 0.05) is 17.7 Å². The van der Waals surface area contributed by atoms with Gasteiger partial charge in [0.25, 0.3) is 5.91 Å². The number of carbonyl (C=O) groups is 2. The number of hydrogen-bond donors (Lipinski definition) is 1. The first-order chi connectivity index (χ1) is 17.9. The van der Waals surface area contributed by atoms with Crippen LogP contribution in [0.5, 0.6) is 5.75 Å². The van der Waals surface area contributed by atoms with Crippen LogP contribution < -0.4 is 10.1 Å². The lowest BCUT2D eigenvalue weighted by Gasteiger charge is -2.43. The summed E-state index contributed by atoms with van der Waals surface area (Å²) in [5, 5.41) is 7.62. The van der Waals surface area contributed by atoms with E-state index >= 15 is 0 Å². The molecule has 0 fully saturated rings. The zero-order chi connectivity index (χ0) is 26.0. The fraction of sp³-hybridized carbons (Fsp3) is 0.207. The molecule has 8 heteroatoms. The average Bonchev–Trinajstić information content (AvgIpc) is 3.35. The number of benzene rings is 3. The smallest absolute Gasteiger partial charge is 0.273 e. The zero-order valence-electron chi connectivity index (χ0n) is 20.6. The molecule has 1 aliphatic heterocycles. The summed E-state index contributed by atoms with van der Waals surface area (Å²) in [6.45, 7) is 2.08. The second kappa shape index (κ2) is 9.89. The highest BCUT2D eigenvalue weighted by atomic mass is 19.1. The third kappa shape index (κ3) is 4.70. The largest absolute Gasteiger partial charge is 0.497 e. The topological polar surface area (TPSA) is 76.5 Å². The minimum atomic E-state index is -1.30. The molecule has 5 rings (SSSR count). The molecule has 4 aromatic rings. The van der Waals surface area contributed by atoms with Gasteiger partial charge in [-0.05, 0) is 48.9 Å². The summed E-state index contributed by atoms with van der Waals surface area (Å²) < 4.78 is 21.4. The Kier molecular flexibility index (Phi) is 6.48. The molecule has 0 radical (unpaired) electrons. The maximum absolute atomic E-state index is 14.6. The summed E-state index contributed by atoms with van der Waals surface area (Å²) in [7, 11) is 1.59. The van der Waals surface area contributed by atoms with Gasteiger partial charge in [0.1, 0.15) is 22.8 Å². The van der Waals surface area contributed by atoms with Crippen LogP contribution >= 0.6 is 0 Å². The standard InChI is InChI=1S/C29H27FN4O3/c1-29(28(36)31-17-20-8-4-3-5-9-20)19-34-26(16-25(32-34)21-12-14-23(37-2)15-13-21)27(35)33(29)18-22-10-6-7-11-24(22)30/h3-16H,17-19H2,1-2H3,(H,31,36). The van der Waals surface area contributed by atoms with Crippen molar-refractivity contribution in [1.82, 2.24) is 20.0 Å². The van der Waals surface area contributed by atoms with Crippen LogP contribution in [0.1, 0.15) is 28.5 Å². The zero-order valence-corrected chi connectivity index (χ0v) is 20.6. The molecule has 1 N–H and O–H groups in total. The van der Waals surface area contributed by atoms with Gasteiger partial charge in [-0.3, -0.25) is 14.3 Å². The molecular formula is C29H27FN4O3. The minimum absolute atomic E-state index is 0.0518. The molecule has 1 aliphatic rings. The summed E-state index contributed by atoms with van der Waals surface area (Å²) in [4.78, 5) is 28.9. The maximum Gasteiger partial charge on any atom is 0.273 e. The third-order valence-corrected chi connectivity index (χ3v) is 6.75. The lowest BCUT2D eigenvalue weighted by atomic mass is 9.94. The Hall–Kier alpha value is -4.46. The highest BCUT2D eigenvalue weighted by molar-refractivity contribution is 6.00. The van der Waals surface area contributed by atoms with Gasteiger partial charge in [-0.25, -0.2) is 4.39 Å². The number of amides is 2. The Morgan fingerprint density at radius 1 is 1.05 bits per heavy atom. The molecule has 188 valence electrons. The number of nitrogens with zero attached hydrogens (tertiary/aromatic N) is 3. The van der Waals surface area contributed by atoms with Gasteiger partial charge in [0.05, 0.1) is 25.9 Å². The van der Waals surface area contributed by atoms with Crippen LogP contribution in [0.2, 0.25) is 0 Å². The van der Waals surface area contributed by atoms with Crippen molar-refractivity contribution in [1.29, 1.82) is 0 Å². The van der Waals surface area contributed by atoms with E-state index in [0.717, 1.165) is 11.1 Å². The van der Waals surface area contributed by atoms with Crippen molar-refractivity contribution in [3.63, 3.8) is 0 Å². The molecule has 1 unspecified atom stereocenters. The molecule has 2 amide bonds. The number of carbonyl (C=O) groups excluding carboxylic acids is 2. The van der Waals surface area contributed by atoms with Gasteiger partial charge in [-0.2, -0.15) is 5.10 Å². The Morgan fingerprint density at radius 3 is 2.46 bits per heavy atom. The summed E-state index contributed by atoms with van der Waals surface area (Å²) in [5.74, 6) is -0.449. The van der Waals surface area contributed by atoms with Crippen LogP contribution in [0.4, 0.5) is 4.39 Å². The van der Waals surface area contributed by atoms with Gasteiger partial charge in [-0.15, -0.1) is 0 Å². The van der Waals surface area contributed by atoms with Crippen LogP contribution in [0.15, 0.2) is 84.9 Å². The number of hydrogen-bond acceptors (Lipinski definition) is 4. The quantitative estimate of drug-likeness (QED) is 0.409. The first kappa shape index (κ1) is 24.2. The molecule has 37 heavy (non-hydrogen) atoms. The van der Waals surface area contributed by atoms with E-state index in [2.05, 4.69) is 10.4 Å². The van der Waals surface area contributed by atoms with Crippen molar-refractivity contribution in [2.75, 3.05) is 7.11 Å². The number of fused-ring (bicyclic) bond motifs is 1. The van der Waals surface area contributed by atoms with Gasteiger partial charge in [-0.1, -0.05) is 48.5 Å². The highest BCUT2D eigenvalue weighted by Gasteiger charge is 2.48. The molecule has 0 saturated carbocycles. The van der Waals surface area contributed by atoms with E-state index in [1.807, 2.05) is 54.6 Å². The minimum Gasteiger partial charge on any atom is -0.497 e. The van der Waals surface area contributed by atoms with E-state index in [1.54, 1.807) is 43.0 Å². The van der Waals surface area contributed by atoms with Crippen molar-refractivity contribution < 1.29 is 18.7 Å². The number of nitrogens with one attached hydrogen (secondary N) is 1. The molecule has 7 nitrogen and oxygen atoms in total. The molecule has 1 aromatic heterocycles. The van der Waals surface area contributed by atoms with Crippen molar-refractivity contribution in [3.05, 3.63) is 108 Å². The van der Waals surface area contributed by atoms with E-state index in [4.69, 9.17) is 4.74 Å².